The highest BCUT2D eigenvalue weighted by Crippen LogP contribution is 2.32. The van der Waals surface area contributed by atoms with Gasteiger partial charge in [-0.25, -0.2) is 9.97 Å². The first-order valence-corrected chi connectivity index (χ1v) is 11.3. The number of nitrogens with zero attached hydrogens (tertiary/aromatic N) is 3. The zero-order valence-corrected chi connectivity index (χ0v) is 20.4. The highest BCUT2D eigenvalue weighted by Gasteiger charge is 2.26. The van der Waals surface area contributed by atoms with Gasteiger partial charge in [0.1, 0.15) is 23.0 Å². The molecule has 0 aliphatic carbocycles. The Labute approximate surface area is 205 Å². The van der Waals surface area contributed by atoms with Crippen molar-refractivity contribution in [2.75, 3.05) is 39.9 Å². The molecule has 0 radical (unpaired) electrons. The van der Waals surface area contributed by atoms with Crippen LogP contribution >= 0.6 is 0 Å². The van der Waals surface area contributed by atoms with Gasteiger partial charge in [0, 0.05) is 60.7 Å². The Bertz CT molecular complexity index is 1070. The summed E-state index contributed by atoms with van der Waals surface area (Å²) in [5.41, 5.74) is 2.75. The fourth-order valence-electron chi connectivity index (χ4n) is 4.08. The summed E-state index contributed by atoms with van der Waals surface area (Å²) in [5.74, 6) is 3.40. The Hall–Kier alpha value is -3.56. The normalized spacial score (nSPS) is 17.2. The average molecular weight is 482 g/mol. The van der Waals surface area contributed by atoms with Crippen LogP contribution in [0.4, 0.5) is 5.95 Å². The van der Waals surface area contributed by atoms with Gasteiger partial charge >= 0.3 is 0 Å². The molecule has 2 aromatic carbocycles. The molecule has 0 saturated carbocycles. The van der Waals surface area contributed by atoms with Crippen LogP contribution in [0.2, 0.25) is 0 Å². The third-order valence-corrected chi connectivity index (χ3v) is 6.00. The molecular weight excluding hydrogens is 450 g/mol. The van der Waals surface area contributed by atoms with Crippen molar-refractivity contribution in [1.82, 2.24) is 9.97 Å². The highest BCUT2D eigenvalue weighted by atomic mass is 16.5. The molecule has 9 nitrogen and oxygen atoms in total. The van der Waals surface area contributed by atoms with Crippen molar-refractivity contribution in [3.05, 3.63) is 65.5 Å². The van der Waals surface area contributed by atoms with Crippen molar-refractivity contribution in [2.45, 2.75) is 31.7 Å². The van der Waals surface area contributed by atoms with Crippen LogP contribution in [-0.4, -0.2) is 56.2 Å². The van der Waals surface area contributed by atoms with Crippen molar-refractivity contribution in [3.8, 4) is 23.0 Å². The molecule has 1 N–H and O–H groups in total. The number of aliphatic hydroxyl groups is 1. The molecule has 1 fully saturated rings. The van der Waals surface area contributed by atoms with Crippen LogP contribution in [0.5, 0.6) is 23.0 Å². The second kappa shape index (κ2) is 11.2. The zero-order valence-electron chi connectivity index (χ0n) is 20.4. The number of aromatic nitrogens is 2. The van der Waals surface area contributed by atoms with Gasteiger partial charge in [0.2, 0.25) is 5.95 Å². The first-order chi connectivity index (χ1) is 17.0. The summed E-state index contributed by atoms with van der Waals surface area (Å²) in [5, 5.41) is 9.79. The first kappa shape index (κ1) is 24.6. The van der Waals surface area contributed by atoms with Crippen molar-refractivity contribution in [1.29, 1.82) is 0 Å². The van der Waals surface area contributed by atoms with Crippen LogP contribution < -0.4 is 23.8 Å². The summed E-state index contributed by atoms with van der Waals surface area (Å²) >= 11 is 0. The molecule has 4 rings (SSSR count). The van der Waals surface area contributed by atoms with Crippen LogP contribution in [0, 0.1) is 0 Å². The molecule has 2 atom stereocenters. The van der Waals surface area contributed by atoms with E-state index in [1.54, 1.807) is 40.8 Å². The molecule has 0 spiro atoms. The van der Waals surface area contributed by atoms with E-state index >= 15 is 0 Å². The van der Waals surface area contributed by atoms with Gasteiger partial charge in [-0.2, -0.15) is 0 Å². The number of anilines is 1. The number of hydrogen-bond acceptors (Lipinski definition) is 9. The minimum atomic E-state index is -0.457. The summed E-state index contributed by atoms with van der Waals surface area (Å²) in [7, 11) is 6.52. The third-order valence-electron chi connectivity index (χ3n) is 6.00. The van der Waals surface area contributed by atoms with Gasteiger partial charge in [0.15, 0.2) is 0 Å². The van der Waals surface area contributed by atoms with Gasteiger partial charge < -0.3 is 33.7 Å². The minimum absolute atomic E-state index is 0.198. The monoisotopic (exact) mass is 481 g/mol. The molecule has 1 aliphatic heterocycles. The quantitative estimate of drug-likeness (QED) is 0.466. The predicted molar refractivity (Wildman–Crippen MR) is 130 cm³/mol. The van der Waals surface area contributed by atoms with Crippen molar-refractivity contribution in [3.63, 3.8) is 0 Å². The van der Waals surface area contributed by atoms with E-state index in [1.807, 2.05) is 41.3 Å². The molecule has 1 aromatic heterocycles. The fourth-order valence-corrected chi connectivity index (χ4v) is 4.08. The molecule has 3 aromatic rings. The Kier molecular flexibility index (Phi) is 7.89. The molecule has 35 heavy (non-hydrogen) atoms. The fraction of sp³-hybridized carbons (Fsp3) is 0.385. The SMILES string of the molecule is COc1ccc(CN(Cc2ccc(OC)cc2OC)c2ncc([C@@H]3C[C@H](O)CO3)cn2)c(OC)c1. The standard InChI is InChI=1S/C26H31N3O6/c1-31-21-7-5-17(23(10-21)33-3)14-29(15-18-6-8-22(32-2)11-24(18)34-4)26-27-12-19(13-28-26)25-9-20(30)16-35-25/h5-8,10-13,20,25,30H,9,14-16H2,1-4H3/t20-,25-/m0/s1. The molecule has 0 amide bonds. The zero-order chi connectivity index (χ0) is 24.8. The lowest BCUT2D eigenvalue weighted by atomic mass is 10.1. The molecule has 2 heterocycles. The average Bonchev–Trinajstić information content (AvgIpc) is 3.34. The Morgan fingerprint density at radius 2 is 1.40 bits per heavy atom. The van der Waals surface area contributed by atoms with Crippen molar-refractivity contribution >= 4 is 5.95 Å². The summed E-state index contributed by atoms with van der Waals surface area (Å²) in [6.07, 6.45) is 3.40. The topological polar surface area (TPSA) is 95.4 Å². The maximum Gasteiger partial charge on any atom is 0.225 e. The maximum absolute atomic E-state index is 9.79. The van der Waals surface area contributed by atoms with Crippen molar-refractivity contribution < 1.29 is 28.8 Å². The molecule has 1 aliphatic rings. The second-order valence-electron chi connectivity index (χ2n) is 8.24. The van der Waals surface area contributed by atoms with E-state index in [0.717, 1.165) is 16.7 Å². The van der Waals surface area contributed by atoms with E-state index in [1.165, 1.54) is 0 Å². The summed E-state index contributed by atoms with van der Waals surface area (Å²) in [6, 6.07) is 11.5. The van der Waals surface area contributed by atoms with Crippen LogP contribution in [0.25, 0.3) is 0 Å². The van der Waals surface area contributed by atoms with Gasteiger partial charge in [0.25, 0.3) is 0 Å². The first-order valence-electron chi connectivity index (χ1n) is 11.3. The lowest BCUT2D eigenvalue weighted by Gasteiger charge is -2.25. The molecule has 1 saturated heterocycles. The predicted octanol–water partition coefficient (Wildman–Crippen LogP) is 3.54. The van der Waals surface area contributed by atoms with E-state index in [0.29, 0.717) is 55.1 Å². The third kappa shape index (κ3) is 5.75. The van der Waals surface area contributed by atoms with Gasteiger partial charge in [-0.1, -0.05) is 0 Å². The summed E-state index contributed by atoms with van der Waals surface area (Å²) < 4.78 is 27.6. The lowest BCUT2D eigenvalue weighted by Crippen LogP contribution is -2.25. The Balaban J connectivity index is 1.66. The summed E-state index contributed by atoms with van der Waals surface area (Å²) in [4.78, 5) is 11.3. The van der Waals surface area contributed by atoms with E-state index in [9.17, 15) is 5.11 Å². The summed E-state index contributed by atoms with van der Waals surface area (Å²) in [6.45, 7) is 1.30. The Morgan fingerprint density at radius 1 is 0.857 bits per heavy atom. The smallest absolute Gasteiger partial charge is 0.225 e. The van der Waals surface area contributed by atoms with E-state index in [-0.39, 0.29) is 6.10 Å². The van der Waals surface area contributed by atoms with Gasteiger partial charge in [0.05, 0.1) is 47.3 Å². The highest BCUT2D eigenvalue weighted by molar-refractivity contribution is 5.47. The van der Waals surface area contributed by atoms with Crippen LogP contribution in [0.15, 0.2) is 48.8 Å². The second-order valence-corrected chi connectivity index (χ2v) is 8.24. The minimum Gasteiger partial charge on any atom is -0.497 e. The molecule has 9 heteroatoms. The van der Waals surface area contributed by atoms with Crippen molar-refractivity contribution in [2.24, 2.45) is 0 Å². The van der Waals surface area contributed by atoms with Gasteiger partial charge in [-0.05, 0) is 24.3 Å². The van der Waals surface area contributed by atoms with Gasteiger partial charge in [-0.15, -0.1) is 0 Å². The number of methoxy groups -OCH3 is 4. The number of benzene rings is 2. The Morgan fingerprint density at radius 3 is 1.83 bits per heavy atom. The van der Waals surface area contributed by atoms with Crippen LogP contribution in [0.1, 0.15) is 29.2 Å². The molecular formula is C26H31N3O6. The largest absolute Gasteiger partial charge is 0.497 e. The number of ether oxygens (including phenoxy) is 5. The van der Waals surface area contributed by atoms with Gasteiger partial charge in [-0.3, -0.25) is 0 Å². The molecule has 0 bridgehead atoms. The molecule has 0 unspecified atom stereocenters. The number of rotatable bonds is 10. The van der Waals surface area contributed by atoms with E-state index in [2.05, 4.69) is 9.97 Å². The van der Waals surface area contributed by atoms with E-state index in [4.69, 9.17) is 23.7 Å². The number of hydrogen-bond donors (Lipinski definition) is 1. The van der Waals surface area contributed by atoms with E-state index < -0.39 is 6.10 Å². The van der Waals surface area contributed by atoms with Crippen LogP contribution in [-0.2, 0) is 17.8 Å². The maximum atomic E-state index is 9.79. The lowest BCUT2D eigenvalue weighted by molar-refractivity contribution is 0.0885. The molecule has 186 valence electrons. The number of aliphatic hydroxyl groups excluding tert-OH is 1. The van der Waals surface area contributed by atoms with Crippen LogP contribution in [0.3, 0.4) is 0 Å².